The maximum atomic E-state index is 12.0. The molecule has 3 nitrogen and oxygen atoms in total. The van der Waals surface area contributed by atoms with E-state index in [9.17, 15) is 4.79 Å². The zero-order chi connectivity index (χ0) is 13.0. The van der Waals surface area contributed by atoms with Gasteiger partial charge >= 0.3 is 0 Å². The van der Waals surface area contributed by atoms with Crippen LogP contribution >= 0.6 is 23.4 Å². The van der Waals surface area contributed by atoms with E-state index in [0.29, 0.717) is 17.1 Å². The fourth-order valence-corrected chi connectivity index (χ4v) is 3.56. The van der Waals surface area contributed by atoms with Gasteiger partial charge in [-0.3, -0.25) is 4.79 Å². The van der Waals surface area contributed by atoms with Gasteiger partial charge in [0.1, 0.15) is 0 Å². The molecule has 18 heavy (non-hydrogen) atoms. The van der Waals surface area contributed by atoms with E-state index in [1.165, 1.54) is 0 Å². The molecule has 0 aromatic heterocycles. The summed E-state index contributed by atoms with van der Waals surface area (Å²) in [5.74, 6) is 1.86. The Hall–Kier alpha value is -0.710. The SMILES string of the molecule is CO[C@@]1(CNC(=O)c2ccccc2Cl)CCSC1. The van der Waals surface area contributed by atoms with Gasteiger partial charge in [-0.15, -0.1) is 0 Å². The normalized spacial score (nSPS) is 23.0. The van der Waals surface area contributed by atoms with E-state index >= 15 is 0 Å². The van der Waals surface area contributed by atoms with Crippen molar-refractivity contribution in [2.45, 2.75) is 12.0 Å². The molecule has 1 fully saturated rings. The lowest BCUT2D eigenvalue weighted by Gasteiger charge is -2.26. The third kappa shape index (κ3) is 2.99. The van der Waals surface area contributed by atoms with Crippen molar-refractivity contribution in [2.75, 3.05) is 25.2 Å². The van der Waals surface area contributed by atoms with Gasteiger partial charge in [0, 0.05) is 19.4 Å². The van der Waals surface area contributed by atoms with Gasteiger partial charge in [0.25, 0.3) is 5.91 Å². The lowest BCUT2D eigenvalue weighted by atomic mass is 10.0. The number of amides is 1. The second kappa shape index (κ2) is 5.95. The average molecular weight is 286 g/mol. The molecule has 1 aromatic carbocycles. The summed E-state index contributed by atoms with van der Waals surface area (Å²) >= 11 is 7.84. The molecule has 1 saturated heterocycles. The molecule has 0 radical (unpaired) electrons. The Balaban J connectivity index is 1.98. The van der Waals surface area contributed by atoms with E-state index in [1.54, 1.807) is 25.3 Å². The molecule has 1 amide bonds. The zero-order valence-electron chi connectivity index (χ0n) is 10.2. The highest BCUT2D eigenvalue weighted by Crippen LogP contribution is 2.30. The summed E-state index contributed by atoms with van der Waals surface area (Å²) < 4.78 is 5.55. The summed E-state index contributed by atoms with van der Waals surface area (Å²) in [7, 11) is 1.70. The molecule has 0 spiro atoms. The summed E-state index contributed by atoms with van der Waals surface area (Å²) in [6.07, 6.45) is 0.969. The number of rotatable bonds is 4. The maximum Gasteiger partial charge on any atom is 0.252 e. The van der Waals surface area contributed by atoms with Crippen molar-refractivity contribution in [2.24, 2.45) is 0 Å². The van der Waals surface area contributed by atoms with Crippen LogP contribution in [-0.2, 0) is 4.74 Å². The van der Waals surface area contributed by atoms with Gasteiger partial charge in [-0.2, -0.15) is 11.8 Å². The number of hydrogen-bond donors (Lipinski definition) is 1. The van der Waals surface area contributed by atoms with Gasteiger partial charge in [-0.25, -0.2) is 0 Å². The Morgan fingerprint density at radius 1 is 1.56 bits per heavy atom. The Kier molecular flexibility index (Phi) is 4.54. The van der Waals surface area contributed by atoms with Crippen LogP contribution in [0.5, 0.6) is 0 Å². The largest absolute Gasteiger partial charge is 0.376 e. The van der Waals surface area contributed by atoms with Gasteiger partial charge < -0.3 is 10.1 Å². The Bertz CT molecular complexity index is 433. The lowest BCUT2D eigenvalue weighted by molar-refractivity contribution is 0.0137. The number of nitrogens with one attached hydrogen (secondary N) is 1. The van der Waals surface area contributed by atoms with Crippen LogP contribution in [0.4, 0.5) is 0 Å². The topological polar surface area (TPSA) is 38.3 Å². The number of ether oxygens (including phenoxy) is 1. The van der Waals surface area contributed by atoms with E-state index in [2.05, 4.69) is 5.32 Å². The number of benzene rings is 1. The molecule has 1 heterocycles. The number of carbonyl (C=O) groups is 1. The van der Waals surface area contributed by atoms with E-state index < -0.39 is 0 Å². The minimum Gasteiger partial charge on any atom is -0.376 e. The summed E-state index contributed by atoms with van der Waals surface area (Å²) in [5.41, 5.74) is 0.290. The Labute approximate surface area is 116 Å². The van der Waals surface area contributed by atoms with Crippen LogP contribution < -0.4 is 5.32 Å². The lowest BCUT2D eigenvalue weighted by Crippen LogP contribution is -2.44. The van der Waals surface area contributed by atoms with Gasteiger partial charge in [0.2, 0.25) is 0 Å². The summed E-state index contributed by atoms with van der Waals surface area (Å²) in [5, 5.41) is 3.39. The van der Waals surface area contributed by atoms with Crippen LogP contribution in [0.15, 0.2) is 24.3 Å². The van der Waals surface area contributed by atoms with Gasteiger partial charge in [-0.1, -0.05) is 23.7 Å². The van der Waals surface area contributed by atoms with Crippen molar-refractivity contribution in [1.82, 2.24) is 5.32 Å². The first-order chi connectivity index (χ1) is 8.67. The van der Waals surface area contributed by atoms with Crippen LogP contribution in [0.3, 0.4) is 0 Å². The zero-order valence-corrected chi connectivity index (χ0v) is 11.8. The molecule has 1 aromatic rings. The molecule has 0 aliphatic carbocycles. The average Bonchev–Trinajstić information content (AvgIpc) is 2.86. The second-order valence-corrected chi connectivity index (χ2v) is 5.86. The van der Waals surface area contributed by atoms with Crippen molar-refractivity contribution < 1.29 is 9.53 Å². The first kappa shape index (κ1) is 13.7. The summed E-state index contributed by atoms with van der Waals surface area (Å²) in [6, 6.07) is 7.05. The minimum atomic E-state index is -0.221. The van der Waals surface area contributed by atoms with E-state index in [-0.39, 0.29) is 11.5 Å². The monoisotopic (exact) mass is 285 g/mol. The van der Waals surface area contributed by atoms with Crippen LogP contribution in [0.2, 0.25) is 5.02 Å². The van der Waals surface area contributed by atoms with Gasteiger partial charge in [-0.05, 0) is 24.3 Å². The first-order valence-electron chi connectivity index (χ1n) is 5.82. The molecule has 2 rings (SSSR count). The molecule has 98 valence electrons. The van der Waals surface area contributed by atoms with Crippen molar-refractivity contribution in [3.8, 4) is 0 Å². The van der Waals surface area contributed by atoms with Crippen molar-refractivity contribution >= 4 is 29.3 Å². The Morgan fingerprint density at radius 3 is 2.94 bits per heavy atom. The van der Waals surface area contributed by atoms with Crippen molar-refractivity contribution in [1.29, 1.82) is 0 Å². The van der Waals surface area contributed by atoms with E-state index in [0.717, 1.165) is 17.9 Å². The minimum absolute atomic E-state index is 0.145. The fourth-order valence-electron chi connectivity index (χ4n) is 1.94. The van der Waals surface area contributed by atoms with E-state index in [1.807, 2.05) is 17.8 Å². The summed E-state index contributed by atoms with van der Waals surface area (Å²) in [6.45, 7) is 0.528. The van der Waals surface area contributed by atoms with Crippen molar-refractivity contribution in [3.63, 3.8) is 0 Å². The third-order valence-corrected chi connectivity index (χ3v) is 4.74. The molecule has 0 unspecified atom stereocenters. The van der Waals surface area contributed by atoms with Gasteiger partial charge in [0.05, 0.1) is 16.2 Å². The number of hydrogen-bond acceptors (Lipinski definition) is 3. The highest BCUT2D eigenvalue weighted by atomic mass is 35.5. The molecule has 0 saturated carbocycles. The highest BCUT2D eigenvalue weighted by Gasteiger charge is 2.34. The number of halogens is 1. The molecule has 1 N–H and O–H groups in total. The maximum absolute atomic E-state index is 12.0. The molecular formula is C13H16ClNO2S. The Morgan fingerprint density at radius 2 is 2.33 bits per heavy atom. The van der Waals surface area contributed by atoms with Crippen LogP contribution in [0, 0.1) is 0 Å². The van der Waals surface area contributed by atoms with E-state index in [4.69, 9.17) is 16.3 Å². The molecular weight excluding hydrogens is 270 g/mol. The number of carbonyl (C=O) groups excluding carboxylic acids is 1. The van der Waals surface area contributed by atoms with Crippen LogP contribution in [-0.4, -0.2) is 36.7 Å². The molecule has 1 aliphatic rings. The smallest absolute Gasteiger partial charge is 0.252 e. The first-order valence-corrected chi connectivity index (χ1v) is 7.36. The molecule has 1 atom stereocenters. The summed E-state index contributed by atoms with van der Waals surface area (Å²) in [4.78, 5) is 12.0. The highest BCUT2D eigenvalue weighted by molar-refractivity contribution is 7.99. The molecule has 1 aliphatic heterocycles. The van der Waals surface area contributed by atoms with Crippen LogP contribution in [0.25, 0.3) is 0 Å². The predicted octanol–water partition coefficient (Wildman–Crippen LogP) is 2.59. The number of methoxy groups -OCH3 is 1. The van der Waals surface area contributed by atoms with Gasteiger partial charge in [0.15, 0.2) is 0 Å². The third-order valence-electron chi connectivity index (χ3n) is 3.19. The molecule has 0 bridgehead atoms. The quantitative estimate of drug-likeness (QED) is 0.924. The standard InChI is InChI=1S/C13H16ClNO2S/c1-17-13(6-7-18-9-13)8-15-12(16)10-4-2-3-5-11(10)14/h2-5H,6-9H2,1H3,(H,15,16)/t13-/m1/s1. The second-order valence-electron chi connectivity index (χ2n) is 4.35. The number of thioether (sulfide) groups is 1. The van der Waals surface area contributed by atoms with Crippen LogP contribution in [0.1, 0.15) is 16.8 Å². The molecule has 5 heteroatoms. The predicted molar refractivity (Wildman–Crippen MR) is 75.5 cm³/mol. The van der Waals surface area contributed by atoms with Crippen molar-refractivity contribution in [3.05, 3.63) is 34.9 Å². The fraction of sp³-hybridized carbons (Fsp3) is 0.462.